The van der Waals surface area contributed by atoms with Crippen LogP contribution >= 0.6 is 11.6 Å². The second-order valence-electron chi connectivity index (χ2n) is 7.45. The summed E-state index contributed by atoms with van der Waals surface area (Å²) in [7, 11) is 0. The Bertz CT molecular complexity index is 1120. The number of carbonyl (C=O) groups is 1. The van der Waals surface area contributed by atoms with Gasteiger partial charge < -0.3 is 15.4 Å². The summed E-state index contributed by atoms with van der Waals surface area (Å²) in [6.45, 7) is 3.39. The van der Waals surface area contributed by atoms with E-state index in [0.717, 1.165) is 5.56 Å². The van der Waals surface area contributed by atoms with Gasteiger partial charge in [0, 0.05) is 24.0 Å². The molecule has 0 bridgehead atoms. The van der Waals surface area contributed by atoms with Crippen LogP contribution in [0.3, 0.4) is 0 Å². The molecule has 2 aliphatic rings. The van der Waals surface area contributed by atoms with Crippen molar-refractivity contribution in [3.8, 4) is 11.4 Å². The number of hydrogen-bond donors (Lipinski definition) is 1. The molecule has 0 saturated carbocycles. The normalized spacial score (nSPS) is 19.0. The van der Waals surface area contributed by atoms with Crippen molar-refractivity contribution >= 4 is 35.0 Å². The van der Waals surface area contributed by atoms with Crippen LogP contribution in [0.2, 0.25) is 5.02 Å². The maximum atomic E-state index is 13.5. The van der Waals surface area contributed by atoms with E-state index in [1.807, 2.05) is 36.1 Å². The number of nitrogens with two attached hydrogens (primary N) is 1. The van der Waals surface area contributed by atoms with Gasteiger partial charge in [0.2, 0.25) is 5.95 Å². The number of amides is 1. The first-order chi connectivity index (χ1) is 15.0. The lowest BCUT2D eigenvalue weighted by molar-refractivity contribution is -0.123. The number of fused-ring (bicyclic) bond motifs is 3. The summed E-state index contributed by atoms with van der Waals surface area (Å²) in [5.74, 6) is 1.30. The fourth-order valence-electron chi connectivity index (χ4n) is 3.97. The second-order valence-corrected chi connectivity index (χ2v) is 7.89. The number of morpholine rings is 1. The van der Waals surface area contributed by atoms with Gasteiger partial charge in [-0.05, 0) is 24.6 Å². The largest absolute Gasteiger partial charge is 0.377 e. The quantitative estimate of drug-likeness (QED) is 0.665. The molecular formula is C21H20ClN7O2. The molecule has 4 heterocycles. The molecule has 2 aromatic heterocycles. The van der Waals surface area contributed by atoms with Gasteiger partial charge in [-0.1, -0.05) is 23.7 Å². The van der Waals surface area contributed by atoms with Gasteiger partial charge in [-0.15, -0.1) is 0 Å². The average molecular weight is 438 g/mol. The number of nitrogens with zero attached hydrogens (tertiary/aromatic N) is 6. The Kier molecular flexibility index (Phi) is 4.91. The molecule has 0 aliphatic carbocycles. The molecule has 0 radical (unpaired) electrons. The first kappa shape index (κ1) is 19.7. The Morgan fingerprint density at radius 2 is 1.90 bits per heavy atom. The monoisotopic (exact) mass is 437 g/mol. The van der Waals surface area contributed by atoms with Crippen LogP contribution in [0.15, 0.2) is 42.9 Å². The summed E-state index contributed by atoms with van der Waals surface area (Å²) in [4.78, 5) is 34.6. The number of carbonyl (C=O) groups excluding carboxylic acids is 1. The number of anilines is 3. The number of hydrogen-bond acceptors (Lipinski definition) is 8. The molecule has 0 spiro atoms. The van der Waals surface area contributed by atoms with E-state index >= 15 is 0 Å². The van der Waals surface area contributed by atoms with Crippen LogP contribution in [-0.4, -0.2) is 51.6 Å². The zero-order chi connectivity index (χ0) is 21.5. The minimum absolute atomic E-state index is 0.0400. The highest BCUT2D eigenvalue weighted by molar-refractivity contribution is 6.30. The van der Waals surface area contributed by atoms with E-state index < -0.39 is 6.04 Å². The number of ether oxygens (including phenoxy) is 1. The van der Waals surface area contributed by atoms with Crippen molar-refractivity contribution < 1.29 is 9.53 Å². The smallest absolute Gasteiger partial charge is 0.252 e. The van der Waals surface area contributed by atoms with Crippen LogP contribution in [0.1, 0.15) is 18.5 Å². The lowest BCUT2D eigenvalue weighted by Crippen LogP contribution is -2.59. The van der Waals surface area contributed by atoms with Crippen LogP contribution < -0.4 is 15.5 Å². The molecule has 158 valence electrons. The molecule has 2 unspecified atom stereocenters. The Balaban J connectivity index is 1.61. The van der Waals surface area contributed by atoms with Crippen molar-refractivity contribution in [3.05, 3.63) is 53.4 Å². The van der Waals surface area contributed by atoms with Gasteiger partial charge in [0.15, 0.2) is 11.6 Å². The van der Waals surface area contributed by atoms with Gasteiger partial charge in [0.25, 0.3) is 5.91 Å². The summed E-state index contributed by atoms with van der Waals surface area (Å²) in [5.41, 5.74) is 7.87. The van der Waals surface area contributed by atoms with E-state index in [9.17, 15) is 4.79 Å². The molecule has 1 fully saturated rings. The van der Waals surface area contributed by atoms with Crippen LogP contribution in [-0.2, 0) is 9.53 Å². The van der Waals surface area contributed by atoms with Crippen molar-refractivity contribution in [2.45, 2.75) is 19.0 Å². The third-order valence-corrected chi connectivity index (χ3v) is 5.85. The predicted molar refractivity (Wildman–Crippen MR) is 117 cm³/mol. The molecule has 10 heteroatoms. The fraction of sp³-hybridized carbons (Fsp3) is 0.286. The standard InChI is InChI=1S/C21H20ClN7O2/c1-12(13-2-4-15(22)5-3-13)29-16-10-24-18(14-8-25-21(23)26-9-14)27-19(16)28-6-7-31-11-17(28)20(29)30/h2-5,8-10,12,17H,6-7,11H2,1H3,(H2,23,25,26). The molecule has 1 amide bonds. The van der Waals surface area contributed by atoms with Crippen molar-refractivity contribution in [1.82, 2.24) is 19.9 Å². The van der Waals surface area contributed by atoms with E-state index in [1.54, 1.807) is 23.5 Å². The lowest BCUT2D eigenvalue weighted by atomic mass is 10.0. The first-order valence-corrected chi connectivity index (χ1v) is 10.3. The Hall–Kier alpha value is -3.30. The Morgan fingerprint density at radius 1 is 1.16 bits per heavy atom. The number of nitrogen functional groups attached to an aromatic ring is 1. The third-order valence-electron chi connectivity index (χ3n) is 5.60. The van der Waals surface area contributed by atoms with Crippen LogP contribution in [0.25, 0.3) is 11.4 Å². The molecule has 2 aliphatic heterocycles. The van der Waals surface area contributed by atoms with E-state index in [-0.39, 0.29) is 17.9 Å². The van der Waals surface area contributed by atoms with Crippen LogP contribution in [0.4, 0.5) is 17.5 Å². The zero-order valence-corrected chi connectivity index (χ0v) is 17.5. The summed E-state index contributed by atoms with van der Waals surface area (Å²) >= 11 is 6.05. The molecule has 3 aromatic rings. The van der Waals surface area contributed by atoms with E-state index in [4.69, 9.17) is 27.1 Å². The van der Waals surface area contributed by atoms with Gasteiger partial charge >= 0.3 is 0 Å². The molecule has 2 N–H and O–H groups in total. The van der Waals surface area contributed by atoms with E-state index in [2.05, 4.69) is 15.0 Å². The van der Waals surface area contributed by atoms with Crippen molar-refractivity contribution in [3.63, 3.8) is 0 Å². The van der Waals surface area contributed by atoms with Crippen LogP contribution in [0, 0.1) is 0 Å². The topological polar surface area (TPSA) is 110 Å². The maximum absolute atomic E-state index is 13.5. The third kappa shape index (κ3) is 3.45. The minimum Gasteiger partial charge on any atom is -0.377 e. The van der Waals surface area contributed by atoms with Crippen LogP contribution in [0.5, 0.6) is 0 Å². The molecule has 31 heavy (non-hydrogen) atoms. The van der Waals surface area contributed by atoms with Gasteiger partial charge in [0.1, 0.15) is 11.7 Å². The number of benzene rings is 1. The lowest BCUT2D eigenvalue weighted by Gasteiger charge is -2.45. The van der Waals surface area contributed by atoms with Crippen molar-refractivity contribution in [1.29, 1.82) is 0 Å². The summed E-state index contributed by atoms with van der Waals surface area (Å²) in [6.07, 6.45) is 4.86. The highest BCUT2D eigenvalue weighted by atomic mass is 35.5. The van der Waals surface area contributed by atoms with E-state index in [0.29, 0.717) is 47.7 Å². The van der Waals surface area contributed by atoms with Gasteiger partial charge in [-0.3, -0.25) is 9.69 Å². The van der Waals surface area contributed by atoms with E-state index in [1.165, 1.54) is 0 Å². The highest BCUT2D eigenvalue weighted by Crippen LogP contribution is 2.40. The fourth-order valence-corrected chi connectivity index (χ4v) is 4.10. The number of halogens is 1. The second kappa shape index (κ2) is 7.75. The number of rotatable bonds is 3. The summed E-state index contributed by atoms with van der Waals surface area (Å²) in [5, 5.41) is 0.645. The predicted octanol–water partition coefficient (Wildman–Crippen LogP) is 2.48. The van der Waals surface area contributed by atoms with Gasteiger partial charge in [-0.2, -0.15) is 0 Å². The van der Waals surface area contributed by atoms with Crippen molar-refractivity contribution in [2.24, 2.45) is 0 Å². The molecule has 5 rings (SSSR count). The highest BCUT2D eigenvalue weighted by Gasteiger charge is 2.43. The summed E-state index contributed by atoms with van der Waals surface area (Å²) < 4.78 is 5.62. The summed E-state index contributed by atoms with van der Waals surface area (Å²) in [6, 6.07) is 6.80. The molecule has 1 aromatic carbocycles. The minimum atomic E-state index is -0.443. The first-order valence-electron chi connectivity index (χ1n) is 9.91. The molecule has 2 atom stereocenters. The SMILES string of the molecule is CC(c1ccc(Cl)cc1)N1C(=O)C2COCCN2c2nc(-c3cnc(N)nc3)ncc21. The van der Waals surface area contributed by atoms with Crippen molar-refractivity contribution in [2.75, 3.05) is 35.3 Å². The maximum Gasteiger partial charge on any atom is 0.252 e. The van der Waals surface area contributed by atoms with Gasteiger partial charge in [0.05, 0.1) is 31.0 Å². The molecule has 1 saturated heterocycles. The zero-order valence-electron chi connectivity index (χ0n) is 16.8. The molecular weight excluding hydrogens is 418 g/mol. The Morgan fingerprint density at radius 3 is 2.65 bits per heavy atom. The average Bonchev–Trinajstić information content (AvgIpc) is 2.80. The van der Waals surface area contributed by atoms with Gasteiger partial charge in [-0.25, -0.2) is 19.9 Å². The number of aromatic nitrogens is 4. The Labute approximate surface area is 183 Å². The molecule has 9 nitrogen and oxygen atoms in total.